The predicted molar refractivity (Wildman–Crippen MR) is 229 cm³/mol. The van der Waals surface area contributed by atoms with Crippen molar-refractivity contribution in [2.45, 2.75) is 0 Å². The number of para-hydroxylation sites is 1. The molecule has 256 valence electrons. The number of rotatable bonds is 5. The molecule has 55 heavy (non-hydrogen) atoms. The largest absolute Gasteiger partial charge is 0.456 e. The third kappa shape index (κ3) is 5.28. The number of furan rings is 1. The number of aromatic nitrogens is 2. The fourth-order valence-corrected chi connectivity index (χ4v) is 8.23. The molecule has 0 amide bonds. The Hall–Kier alpha value is -7.36. The average molecular weight is 701 g/mol. The summed E-state index contributed by atoms with van der Waals surface area (Å²) in [5.41, 5.74) is 11.3. The van der Waals surface area contributed by atoms with Gasteiger partial charge < -0.3 is 4.42 Å². The highest BCUT2D eigenvalue weighted by Gasteiger charge is 2.16. The van der Waals surface area contributed by atoms with Gasteiger partial charge in [0.25, 0.3) is 0 Å². The van der Waals surface area contributed by atoms with E-state index in [1.165, 1.54) is 43.4 Å². The van der Waals surface area contributed by atoms with Gasteiger partial charge in [-0.3, -0.25) is 0 Å². The SMILES string of the molecule is c1ccc(-c2nc(-c3ccc(-c4c5ccccc5cc5c4ccc4ccccc45)cc3)cc(-c3ccc(-c4cccc5oc6ccccc6c45)cc3)n2)cc1. The number of benzene rings is 9. The van der Waals surface area contributed by atoms with Crippen LogP contribution < -0.4 is 0 Å². The van der Waals surface area contributed by atoms with Crippen molar-refractivity contribution in [2.24, 2.45) is 0 Å². The summed E-state index contributed by atoms with van der Waals surface area (Å²) < 4.78 is 6.19. The second-order valence-corrected chi connectivity index (χ2v) is 14.1. The van der Waals surface area contributed by atoms with Crippen LogP contribution in [0.2, 0.25) is 0 Å². The first-order chi connectivity index (χ1) is 27.2. The molecule has 0 saturated heterocycles. The first kappa shape index (κ1) is 31.2. The Balaban J connectivity index is 1.02. The lowest BCUT2D eigenvalue weighted by molar-refractivity contribution is 0.669. The lowest BCUT2D eigenvalue weighted by Gasteiger charge is -2.15. The zero-order valence-electron chi connectivity index (χ0n) is 29.8. The molecular weight excluding hydrogens is 669 g/mol. The highest BCUT2D eigenvalue weighted by molar-refractivity contribution is 6.20. The first-order valence-corrected chi connectivity index (χ1v) is 18.6. The highest BCUT2D eigenvalue weighted by Crippen LogP contribution is 2.41. The van der Waals surface area contributed by atoms with Crippen LogP contribution in [0.25, 0.3) is 110 Å². The van der Waals surface area contributed by atoms with Crippen LogP contribution >= 0.6 is 0 Å². The average Bonchev–Trinajstić information content (AvgIpc) is 3.65. The Morgan fingerprint density at radius 3 is 1.69 bits per heavy atom. The fraction of sp³-hybridized carbons (Fsp3) is 0. The van der Waals surface area contributed by atoms with E-state index < -0.39 is 0 Å². The molecule has 0 N–H and O–H groups in total. The fourth-order valence-electron chi connectivity index (χ4n) is 8.23. The Labute approximate surface area is 317 Å². The molecule has 0 unspecified atom stereocenters. The summed E-state index contributed by atoms with van der Waals surface area (Å²) in [4.78, 5) is 10.3. The number of hydrogen-bond acceptors (Lipinski definition) is 3. The zero-order valence-corrected chi connectivity index (χ0v) is 29.8. The molecule has 0 fully saturated rings. The van der Waals surface area contributed by atoms with E-state index in [-0.39, 0.29) is 0 Å². The van der Waals surface area contributed by atoms with Gasteiger partial charge in [0.05, 0.1) is 11.4 Å². The number of hydrogen-bond donors (Lipinski definition) is 0. The third-order valence-corrected chi connectivity index (χ3v) is 10.9. The Morgan fingerprint density at radius 2 is 0.927 bits per heavy atom. The molecule has 0 aliphatic heterocycles. The van der Waals surface area contributed by atoms with E-state index in [1.807, 2.05) is 36.4 Å². The lowest BCUT2D eigenvalue weighted by Crippen LogP contribution is -1.96. The van der Waals surface area contributed by atoms with Crippen LogP contribution in [0.4, 0.5) is 0 Å². The van der Waals surface area contributed by atoms with E-state index in [0.717, 1.165) is 61.1 Å². The second kappa shape index (κ2) is 12.6. The van der Waals surface area contributed by atoms with Gasteiger partial charge in [0.15, 0.2) is 5.82 Å². The van der Waals surface area contributed by atoms with Crippen molar-refractivity contribution in [3.8, 4) is 56.2 Å². The molecule has 2 aromatic heterocycles. The van der Waals surface area contributed by atoms with E-state index in [2.05, 4.69) is 158 Å². The summed E-state index contributed by atoms with van der Waals surface area (Å²) in [6.45, 7) is 0. The van der Waals surface area contributed by atoms with Crippen molar-refractivity contribution < 1.29 is 4.42 Å². The van der Waals surface area contributed by atoms with Crippen LogP contribution in [-0.4, -0.2) is 9.97 Å². The second-order valence-electron chi connectivity index (χ2n) is 14.1. The van der Waals surface area contributed by atoms with E-state index in [9.17, 15) is 0 Å². The lowest BCUT2D eigenvalue weighted by atomic mass is 9.89. The normalized spacial score (nSPS) is 11.6. The van der Waals surface area contributed by atoms with Gasteiger partial charge in [0.2, 0.25) is 0 Å². The van der Waals surface area contributed by atoms with Crippen LogP contribution in [0.5, 0.6) is 0 Å². The smallest absolute Gasteiger partial charge is 0.160 e. The minimum Gasteiger partial charge on any atom is -0.456 e. The van der Waals surface area contributed by atoms with Crippen LogP contribution in [0, 0.1) is 0 Å². The van der Waals surface area contributed by atoms with E-state index in [4.69, 9.17) is 14.4 Å². The molecule has 0 saturated carbocycles. The molecule has 9 aromatic carbocycles. The van der Waals surface area contributed by atoms with Gasteiger partial charge in [-0.1, -0.05) is 170 Å². The van der Waals surface area contributed by atoms with Crippen LogP contribution in [-0.2, 0) is 0 Å². The van der Waals surface area contributed by atoms with Crippen molar-refractivity contribution in [3.63, 3.8) is 0 Å². The maximum atomic E-state index is 6.19. The maximum absolute atomic E-state index is 6.19. The van der Waals surface area contributed by atoms with Crippen molar-refractivity contribution in [3.05, 3.63) is 194 Å². The topological polar surface area (TPSA) is 38.9 Å². The summed E-state index contributed by atoms with van der Waals surface area (Å²) in [6.07, 6.45) is 0. The standard InChI is InChI=1S/C52H32N2O/c1-2-12-38(13-3-1)52-53-46(35-23-21-34(22-24-35)41-18-10-20-49-51(41)44-17-8-9-19-48(44)55-49)32-47(54-52)36-25-27-37(28-26-36)50-42-16-7-5-14-39(42)31-45-40-15-6-4-11-33(40)29-30-43(45)50/h1-32H. The Bertz CT molecular complexity index is 3230. The molecule has 0 spiro atoms. The number of nitrogens with zero attached hydrogens (tertiary/aromatic N) is 2. The van der Waals surface area contributed by atoms with Crippen molar-refractivity contribution >= 4 is 54.3 Å². The van der Waals surface area contributed by atoms with Gasteiger partial charge in [0.1, 0.15) is 11.2 Å². The molecule has 11 aromatic rings. The molecule has 3 nitrogen and oxygen atoms in total. The van der Waals surface area contributed by atoms with Gasteiger partial charge in [-0.05, 0) is 78.8 Å². The zero-order chi connectivity index (χ0) is 36.3. The summed E-state index contributed by atoms with van der Waals surface area (Å²) in [6, 6.07) is 68.6. The predicted octanol–water partition coefficient (Wildman–Crippen LogP) is 14.2. The monoisotopic (exact) mass is 700 g/mol. The van der Waals surface area contributed by atoms with Gasteiger partial charge in [-0.15, -0.1) is 0 Å². The summed E-state index contributed by atoms with van der Waals surface area (Å²) in [7, 11) is 0. The van der Waals surface area contributed by atoms with E-state index >= 15 is 0 Å². The minimum absolute atomic E-state index is 0.697. The molecule has 0 aliphatic rings. The molecule has 2 heterocycles. The van der Waals surface area contributed by atoms with Gasteiger partial charge >= 0.3 is 0 Å². The van der Waals surface area contributed by atoms with Gasteiger partial charge in [-0.2, -0.15) is 0 Å². The van der Waals surface area contributed by atoms with Gasteiger partial charge in [-0.25, -0.2) is 9.97 Å². The third-order valence-electron chi connectivity index (χ3n) is 10.9. The van der Waals surface area contributed by atoms with Crippen LogP contribution in [0.3, 0.4) is 0 Å². The van der Waals surface area contributed by atoms with E-state index in [0.29, 0.717) is 5.82 Å². The summed E-state index contributed by atoms with van der Waals surface area (Å²) >= 11 is 0. The molecule has 3 heteroatoms. The van der Waals surface area contributed by atoms with Crippen molar-refractivity contribution in [2.75, 3.05) is 0 Å². The number of fused-ring (bicyclic) bond motifs is 7. The van der Waals surface area contributed by atoms with Crippen LogP contribution in [0.1, 0.15) is 0 Å². The first-order valence-electron chi connectivity index (χ1n) is 18.6. The van der Waals surface area contributed by atoms with Crippen molar-refractivity contribution in [1.29, 1.82) is 0 Å². The highest BCUT2D eigenvalue weighted by atomic mass is 16.3. The van der Waals surface area contributed by atoms with E-state index in [1.54, 1.807) is 0 Å². The molecule has 0 bridgehead atoms. The Kier molecular flexibility index (Phi) is 7.17. The molecule has 0 atom stereocenters. The molecule has 0 aliphatic carbocycles. The minimum atomic E-state index is 0.697. The quantitative estimate of drug-likeness (QED) is 0.133. The Morgan fingerprint density at radius 1 is 0.327 bits per heavy atom. The maximum Gasteiger partial charge on any atom is 0.160 e. The van der Waals surface area contributed by atoms with Crippen LogP contribution in [0.15, 0.2) is 199 Å². The van der Waals surface area contributed by atoms with Gasteiger partial charge in [0, 0.05) is 27.5 Å². The van der Waals surface area contributed by atoms with Crippen molar-refractivity contribution in [1.82, 2.24) is 9.97 Å². The summed E-state index contributed by atoms with van der Waals surface area (Å²) in [5, 5.41) is 9.78. The molecule has 0 radical (unpaired) electrons. The summed E-state index contributed by atoms with van der Waals surface area (Å²) in [5.74, 6) is 0.697. The molecule has 11 rings (SSSR count). The molecular formula is C52H32N2O.